The van der Waals surface area contributed by atoms with Gasteiger partial charge >= 0.3 is 5.97 Å². The smallest absolute Gasteiger partial charge is 0.331 e. The first kappa shape index (κ1) is 24.5. The van der Waals surface area contributed by atoms with Crippen LogP contribution in [0.4, 0.5) is 0 Å². The molecule has 0 aliphatic carbocycles. The fourth-order valence-corrected chi connectivity index (χ4v) is 5.40. The van der Waals surface area contributed by atoms with Crippen LogP contribution in [0.2, 0.25) is 5.15 Å². The highest BCUT2D eigenvalue weighted by Gasteiger charge is 2.31. The van der Waals surface area contributed by atoms with Crippen LogP contribution in [0.15, 0.2) is 30.3 Å². The number of carbonyl (C=O) groups excluding carboxylic acids is 3. The molecule has 1 N–H and O–H groups in total. The van der Waals surface area contributed by atoms with Gasteiger partial charge in [-0.05, 0) is 31.6 Å². The Morgan fingerprint density at radius 1 is 1.30 bits per heavy atom. The molecule has 1 aromatic heterocycles. The Balaban J connectivity index is 1.56. The number of methoxy groups -OCH3 is 1. The number of amides is 2. The summed E-state index contributed by atoms with van der Waals surface area (Å²) >= 11 is 6.34. The summed E-state index contributed by atoms with van der Waals surface area (Å²) in [5.74, 6) is -1.99. The van der Waals surface area contributed by atoms with E-state index in [1.54, 1.807) is 25.1 Å². The van der Waals surface area contributed by atoms with Crippen molar-refractivity contribution < 1.29 is 32.3 Å². The second kappa shape index (κ2) is 10.2. The Labute approximate surface area is 195 Å². The van der Waals surface area contributed by atoms with Crippen molar-refractivity contribution in [1.82, 2.24) is 15.1 Å². The second-order valence-electron chi connectivity index (χ2n) is 7.31. The third-order valence-corrected chi connectivity index (χ3v) is 7.09. The average molecular weight is 496 g/mol. The van der Waals surface area contributed by atoms with E-state index in [2.05, 4.69) is 10.4 Å². The van der Waals surface area contributed by atoms with Gasteiger partial charge < -0.3 is 9.47 Å². The lowest BCUT2D eigenvalue weighted by Gasteiger charge is -2.09. The van der Waals surface area contributed by atoms with E-state index in [-0.39, 0.29) is 28.3 Å². The lowest BCUT2D eigenvalue weighted by atomic mass is 10.2. The highest BCUT2D eigenvalue weighted by molar-refractivity contribution is 7.91. The first-order valence-electron chi connectivity index (χ1n) is 9.88. The van der Waals surface area contributed by atoms with E-state index in [4.69, 9.17) is 21.1 Å². The Hall–Kier alpha value is -3.18. The molecular weight excluding hydrogens is 474 g/mol. The number of halogens is 1. The van der Waals surface area contributed by atoms with Gasteiger partial charge in [0.1, 0.15) is 10.9 Å². The van der Waals surface area contributed by atoms with Gasteiger partial charge in [-0.2, -0.15) is 5.10 Å². The van der Waals surface area contributed by atoms with Crippen LogP contribution in [0.25, 0.3) is 6.08 Å². The van der Waals surface area contributed by atoms with Gasteiger partial charge in [0, 0.05) is 11.6 Å². The van der Waals surface area contributed by atoms with E-state index in [9.17, 15) is 22.8 Å². The lowest BCUT2D eigenvalue weighted by molar-refractivity contribution is -0.143. The molecule has 3 rings (SSSR count). The number of carbonyl (C=O) groups is 3. The number of esters is 1. The zero-order valence-electron chi connectivity index (χ0n) is 17.9. The lowest BCUT2D eigenvalue weighted by Crippen LogP contribution is -2.34. The molecule has 0 spiro atoms. The number of aromatic nitrogens is 2. The zero-order chi connectivity index (χ0) is 24.2. The predicted octanol–water partition coefficient (Wildman–Crippen LogP) is 1.73. The van der Waals surface area contributed by atoms with Crippen LogP contribution in [0.5, 0.6) is 5.75 Å². The second-order valence-corrected chi connectivity index (χ2v) is 9.90. The van der Waals surface area contributed by atoms with Crippen molar-refractivity contribution in [1.29, 1.82) is 0 Å². The molecule has 33 heavy (non-hydrogen) atoms. The Morgan fingerprint density at radius 3 is 2.70 bits per heavy atom. The van der Waals surface area contributed by atoms with E-state index >= 15 is 0 Å². The van der Waals surface area contributed by atoms with Crippen LogP contribution in [0.3, 0.4) is 0 Å². The Kier molecular flexibility index (Phi) is 7.54. The molecule has 1 aromatic carbocycles. The van der Waals surface area contributed by atoms with Crippen molar-refractivity contribution in [2.45, 2.75) is 19.4 Å². The highest BCUT2D eigenvalue weighted by atomic mass is 35.5. The molecule has 10 nitrogen and oxygen atoms in total. The summed E-state index contributed by atoms with van der Waals surface area (Å²) in [5, 5.41) is 6.61. The van der Waals surface area contributed by atoms with E-state index in [0.29, 0.717) is 23.4 Å². The van der Waals surface area contributed by atoms with Gasteiger partial charge in [-0.1, -0.05) is 23.7 Å². The monoisotopic (exact) mass is 495 g/mol. The van der Waals surface area contributed by atoms with E-state index in [0.717, 1.165) is 6.08 Å². The summed E-state index contributed by atoms with van der Waals surface area (Å²) < 4.78 is 34.8. The normalized spacial score (nSPS) is 17.1. The van der Waals surface area contributed by atoms with Gasteiger partial charge in [-0.15, -0.1) is 0 Å². The standard InChI is InChI=1S/C21H22ClN3O7S/c1-13-15(20(22)25(24-13)14-9-10-33(29,30)12-14)7-8-19(27)32-11-18(26)23-21(28)16-5-3-4-6-17(16)31-2/h3-8,14H,9-12H2,1-2H3,(H,23,26,28)/b8-7+. The van der Waals surface area contributed by atoms with E-state index in [1.165, 1.54) is 23.9 Å². The molecule has 1 unspecified atom stereocenters. The van der Waals surface area contributed by atoms with Crippen molar-refractivity contribution >= 4 is 45.3 Å². The minimum atomic E-state index is -3.12. The number of nitrogens with one attached hydrogen (secondary N) is 1. The van der Waals surface area contributed by atoms with Gasteiger partial charge in [-0.3, -0.25) is 14.9 Å². The molecule has 2 aromatic rings. The highest BCUT2D eigenvalue weighted by Crippen LogP contribution is 2.30. The van der Waals surface area contributed by atoms with Gasteiger partial charge in [0.25, 0.3) is 11.8 Å². The first-order valence-corrected chi connectivity index (χ1v) is 12.1. The molecular formula is C21H22ClN3O7S. The van der Waals surface area contributed by atoms with Crippen LogP contribution >= 0.6 is 11.6 Å². The number of para-hydroxylation sites is 1. The van der Waals surface area contributed by atoms with E-state index in [1.807, 2.05) is 0 Å². The van der Waals surface area contributed by atoms with Crippen LogP contribution in [-0.2, 0) is 24.2 Å². The zero-order valence-corrected chi connectivity index (χ0v) is 19.5. The Bertz CT molecular complexity index is 1220. The molecule has 1 fully saturated rings. The van der Waals surface area contributed by atoms with Crippen molar-refractivity contribution in [3.8, 4) is 5.75 Å². The molecule has 0 saturated carbocycles. The molecule has 1 saturated heterocycles. The number of benzene rings is 1. The van der Waals surface area contributed by atoms with Gasteiger partial charge in [0.05, 0.1) is 35.9 Å². The molecule has 0 radical (unpaired) electrons. The summed E-state index contributed by atoms with van der Waals surface area (Å²) in [4.78, 5) is 36.2. The van der Waals surface area contributed by atoms with Crippen LogP contribution in [-0.4, -0.2) is 61.2 Å². The molecule has 2 amide bonds. The molecule has 0 bridgehead atoms. The third kappa shape index (κ3) is 5.99. The Morgan fingerprint density at radius 2 is 2.03 bits per heavy atom. The topological polar surface area (TPSA) is 134 Å². The number of imide groups is 1. The third-order valence-electron chi connectivity index (χ3n) is 4.96. The summed E-state index contributed by atoms with van der Waals surface area (Å²) in [6, 6.07) is 6.00. The number of hydrogen-bond donors (Lipinski definition) is 1. The summed E-state index contributed by atoms with van der Waals surface area (Å²) in [7, 11) is -1.72. The summed E-state index contributed by atoms with van der Waals surface area (Å²) in [5.41, 5.74) is 1.11. The molecule has 176 valence electrons. The van der Waals surface area contributed by atoms with Gasteiger partial charge in [-0.25, -0.2) is 17.9 Å². The maximum absolute atomic E-state index is 12.2. The van der Waals surface area contributed by atoms with Crippen molar-refractivity contribution in [2.24, 2.45) is 0 Å². The maximum atomic E-state index is 12.2. The number of rotatable bonds is 7. The van der Waals surface area contributed by atoms with Gasteiger partial charge in [0.15, 0.2) is 16.4 Å². The number of hydrogen-bond acceptors (Lipinski definition) is 8. The minimum absolute atomic E-state index is 0.0400. The van der Waals surface area contributed by atoms with Gasteiger partial charge in [0.2, 0.25) is 0 Å². The molecule has 12 heteroatoms. The number of sulfone groups is 1. The maximum Gasteiger partial charge on any atom is 0.331 e. The fourth-order valence-electron chi connectivity index (χ4n) is 3.33. The molecule has 1 aliphatic rings. The van der Waals surface area contributed by atoms with E-state index < -0.39 is 34.2 Å². The van der Waals surface area contributed by atoms with Crippen LogP contribution < -0.4 is 10.1 Å². The number of nitrogens with zero attached hydrogens (tertiary/aromatic N) is 2. The summed E-state index contributed by atoms with van der Waals surface area (Å²) in [6.45, 7) is 1.00. The quantitative estimate of drug-likeness (QED) is 0.453. The minimum Gasteiger partial charge on any atom is -0.496 e. The molecule has 1 aliphatic heterocycles. The fraction of sp³-hybridized carbons (Fsp3) is 0.333. The SMILES string of the molecule is COc1ccccc1C(=O)NC(=O)COC(=O)/C=C/c1c(C)nn(C2CCS(=O)(=O)C2)c1Cl. The summed E-state index contributed by atoms with van der Waals surface area (Å²) in [6.07, 6.45) is 2.86. The van der Waals surface area contributed by atoms with Crippen molar-refractivity contribution in [3.63, 3.8) is 0 Å². The predicted molar refractivity (Wildman–Crippen MR) is 120 cm³/mol. The number of ether oxygens (including phenoxy) is 2. The largest absolute Gasteiger partial charge is 0.496 e. The van der Waals surface area contributed by atoms with Crippen molar-refractivity contribution in [2.75, 3.05) is 25.2 Å². The van der Waals surface area contributed by atoms with Crippen LogP contribution in [0.1, 0.15) is 34.1 Å². The van der Waals surface area contributed by atoms with Crippen LogP contribution in [0, 0.1) is 6.92 Å². The molecule has 1 atom stereocenters. The average Bonchev–Trinajstić information content (AvgIpc) is 3.28. The molecule has 2 heterocycles. The van der Waals surface area contributed by atoms with Crippen molar-refractivity contribution in [3.05, 3.63) is 52.3 Å². The number of aryl methyl sites for hydroxylation is 1. The first-order chi connectivity index (χ1) is 15.6.